The van der Waals surface area contributed by atoms with E-state index in [4.69, 9.17) is 9.47 Å². The van der Waals surface area contributed by atoms with Crippen molar-refractivity contribution in [1.29, 1.82) is 0 Å². The number of ether oxygens (including phenoxy) is 2. The number of hydrogen-bond acceptors (Lipinski definition) is 6. The van der Waals surface area contributed by atoms with Gasteiger partial charge in [0.2, 0.25) is 0 Å². The minimum Gasteiger partial charge on any atom is -0.490 e. The van der Waals surface area contributed by atoms with E-state index in [-0.39, 0.29) is 12.5 Å². The average molecular weight is 361 g/mol. The highest BCUT2D eigenvalue weighted by Crippen LogP contribution is 2.21. The molecule has 0 aliphatic heterocycles. The van der Waals surface area contributed by atoms with Crippen molar-refractivity contribution >= 4 is 17.7 Å². The topological polar surface area (TPSA) is 68.7 Å². The number of aliphatic hydroxyl groups is 1. The van der Waals surface area contributed by atoms with E-state index in [2.05, 4.69) is 4.98 Å². The average Bonchev–Trinajstić information content (AvgIpc) is 2.63. The van der Waals surface area contributed by atoms with E-state index < -0.39 is 12.1 Å². The Morgan fingerprint density at radius 1 is 1.16 bits per heavy atom. The van der Waals surface area contributed by atoms with Crippen molar-refractivity contribution in [3.63, 3.8) is 0 Å². The summed E-state index contributed by atoms with van der Waals surface area (Å²) in [7, 11) is 0. The molecule has 0 aliphatic rings. The molecule has 1 aromatic carbocycles. The third kappa shape index (κ3) is 6.76. The molecule has 0 spiro atoms. The fourth-order valence-electron chi connectivity index (χ4n) is 1.94. The third-order valence-electron chi connectivity index (χ3n) is 3.18. The number of pyridine rings is 1. The lowest BCUT2D eigenvalue weighted by Gasteiger charge is -2.15. The molecular formula is C19H23NO4S. The van der Waals surface area contributed by atoms with Gasteiger partial charge >= 0.3 is 5.97 Å². The summed E-state index contributed by atoms with van der Waals surface area (Å²) < 4.78 is 10.9. The van der Waals surface area contributed by atoms with Crippen LogP contribution >= 0.6 is 11.8 Å². The fraction of sp³-hybridized carbons (Fsp3) is 0.368. The first kappa shape index (κ1) is 19.3. The Bertz CT molecular complexity index is 663. The van der Waals surface area contributed by atoms with Crippen LogP contribution < -0.4 is 4.74 Å². The number of hydrogen-bond donors (Lipinski definition) is 1. The molecule has 0 bridgehead atoms. The molecule has 1 aromatic heterocycles. The highest BCUT2D eigenvalue weighted by Gasteiger charge is 2.15. The number of benzene rings is 1. The number of esters is 1. The van der Waals surface area contributed by atoms with Crippen molar-refractivity contribution in [2.24, 2.45) is 5.92 Å². The summed E-state index contributed by atoms with van der Waals surface area (Å²) in [5.41, 5.74) is 0.372. The molecule has 1 unspecified atom stereocenters. The zero-order chi connectivity index (χ0) is 18.1. The summed E-state index contributed by atoms with van der Waals surface area (Å²) in [5.74, 6) is 0.766. The molecule has 0 aliphatic carbocycles. The number of carbonyl (C=O) groups excluding carboxylic acids is 1. The Morgan fingerprint density at radius 2 is 1.88 bits per heavy atom. The van der Waals surface area contributed by atoms with Crippen molar-refractivity contribution in [3.05, 3.63) is 54.4 Å². The summed E-state index contributed by atoms with van der Waals surface area (Å²) in [6.45, 7) is 4.42. The Hall–Kier alpha value is -2.05. The minimum absolute atomic E-state index is 0.104. The molecule has 134 valence electrons. The number of aromatic nitrogens is 1. The van der Waals surface area contributed by atoms with Gasteiger partial charge in [0.25, 0.3) is 0 Å². The maximum atomic E-state index is 12.2. The van der Waals surface area contributed by atoms with E-state index >= 15 is 0 Å². The van der Waals surface area contributed by atoms with Crippen LogP contribution in [0.3, 0.4) is 0 Å². The van der Waals surface area contributed by atoms with E-state index in [0.717, 1.165) is 4.90 Å². The fourth-order valence-corrected chi connectivity index (χ4v) is 2.74. The Balaban J connectivity index is 1.86. The number of rotatable bonds is 9. The molecule has 1 N–H and O–H groups in total. The van der Waals surface area contributed by atoms with Gasteiger partial charge < -0.3 is 14.6 Å². The van der Waals surface area contributed by atoms with Crippen LogP contribution in [0.15, 0.2) is 53.7 Å². The number of nitrogens with zero attached hydrogens (tertiary/aromatic N) is 1. The number of carbonyl (C=O) groups is 1. The lowest BCUT2D eigenvalue weighted by Crippen LogP contribution is -2.21. The van der Waals surface area contributed by atoms with Crippen LogP contribution in [0.4, 0.5) is 0 Å². The first-order chi connectivity index (χ1) is 12.1. The molecule has 0 saturated heterocycles. The predicted octanol–water partition coefficient (Wildman–Crippen LogP) is 3.43. The summed E-state index contributed by atoms with van der Waals surface area (Å²) in [4.78, 5) is 17.1. The first-order valence-corrected chi connectivity index (χ1v) is 9.14. The van der Waals surface area contributed by atoms with Gasteiger partial charge in [-0.3, -0.25) is 4.98 Å². The summed E-state index contributed by atoms with van der Waals surface area (Å²) >= 11 is 1.52. The zero-order valence-corrected chi connectivity index (χ0v) is 15.2. The minimum atomic E-state index is -0.655. The monoisotopic (exact) mass is 361 g/mol. The van der Waals surface area contributed by atoms with E-state index in [1.807, 2.05) is 26.0 Å². The molecule has 0 amide bonds. The summed E-state index contributed by atoms with van der Waals surface area (Å²) in [6.07, 6.45) is 2.77. The van der Waals surface area contributed by atoms with Crippen molar-refractivity contribution in [2.75, 3.05) is 19.0 Å². The largest absolute Gasteiger partial charge is 0.490 e. The van der Waals surface area contributed by atoms with Crippen molar-refractivity contribution < 1.29 is 19.4 Å². The number of aliphatic hydroxyl groups excluding tert-OH is 1. The highest BCUT2D eigenvalue weighted by molar-refractivity contribution is 7.99. The van der Waals surface area contributed by atoms with Crippen molar-refractivity contribution in [1.82, 2.24) is 4.98 Å². The standard InChI is InChI=1S/C19H23NO4S/c1-14(2)11-24-19(22)17-5-3-4-6-18(17)23-12-15(21)13-25-16-7-9-20-10-8-16/h3-10,14-15,21H,11-13H2,1-2H3. The van der Waals surface area contributed by atoms with E-state index in [0.29, 0.717) is 23.7 Å². The van der Waals surface area contributed by atoms with Gasteiger partial charge in [0.15, 0.2) is 0 Å². The van der Waals surface area contributed by atoms with Gasteiger partial charge in [-0.2, -0.15) is 0 Å². The van der Waals surface area contributed by atoms with Crippen molar-refractivity contribution in [2.45, 2.75) is 24.8 Å². The number of thioether (sulfide) groups is 1. The lowest BCUT2D eigenvalue weighted by molar-refractivity contribution is 0.0450. The predicted molar refractivity (Wildman–Crippen MR) is 98.0 cm³/mol. The van der Waals surface area contributed by atoms with Crippen LogP contribution in [0.25, 0.3) is 0 Å². The lowest BCUT2D eigenvalue weighted by atomic mass is 10.2. The molecule has 25 heavy (non-hydrogen) atoms. The van der Waals surface area contributed by atoms with Crippen LogP contribution in [0.5, 0.6) is 5.75 Å². The van der Waals surface area contributed by atoms with Gasteiger partial charge in [-0.25, -0.2) is 4.79 Å². The van der Waals surface area contributed by atoms with Crippen LogP contribution in [0.1, 0.15) is 24.2 Å². The van der Waals surface area contributed by atoms with E-state index in [9.17, 15) is 9.90 Å². The highest BCUT2D eigenvalue weighted by atomic mass is 32.2. The van der Waals surface area contributed by atoms with Crippen LogP contribution in [-0.4, -0.2) is 41.1 Å². The first-order valence-electron chi connectivity index (χ1n) is 8.16. The molecule has 2 aromatic rings. The normalized spacial score (nSPS) is 12.0. The second kappa shape index (κ2) is 10.1. The van der Waals surface area contributed by atoms with Gasteiger partial charge in [0.1, 0.15) is 17.9 Å². The second-order valence-electron chi connectivity index (χ2n) is 5.95. The Kier molecular flexibility index (Phi) is 7.76. The maximum absolute atomic E-state index is 12.2. The molecule has 1 heterocycles. The maximum Gasteiger partial charge on any atom is 0.341 e. The van der Waals surface area contributed by atoms with Gasteiger partial charge in [-0.05, 0) is 30.2 Å². The quantitative estimate of drug-likeness (QED) is 0.545. The van der Waals surface area contributed by atoms with Gasteiger partial charge in [-0.1, -0.05) is 26.0 Å². The molecular weight excluding hydrogens is 338 g/mol. The van der Waals surface area contributed by atoms with Crippen LogP contribution in [0.2, 0.25) is 0 Å². The molecule has 0 fully saturated rings. The van der Waals surface area contributed by atoms with Crippen LogP contribution in [0, 0.1) is 5.92 Å². The number of para-hydroxylation sites is 1. The third-order valence-corrected chi connectivity index (χ3v) is 4.34. The summed E-state index contributed by atoms with van der Waals surface area (Å²) in [5, 5.41) is 10.1. The molecule has 5 nitrogen and oxygen atoms in total. The smallest absolute Gasteiger partial charge is 0.341 e. The zero-order valence-electron chi connectivity index (χ0n) is 14.4. The van der Waals surface area contributed by atoms with Gasteiger partial charge in [0, 0.05) is 23.0 Å². The Morgan fingerprint density at radius 3 is 2.60 bits per heavy atom. The van der Waals surface area contributed by atoms with Crippen molar-refractivity contribution in [3.8, 4) is 5.75 Å². The molecule has 0 saturated carbocycles. The van der Waals surface area contributed by atoms with E-state index in [1.165, 1.54) is 11.8 Å². The SMILES string of the molecule is CC(C)COC(=O)c1ccccc1OCC(O)CSc1ccncc1. The molecule has 0 radical (unpaired) electrons. The van der Waals surface area contributed by atoms with Gasteiger partial charge in [0.05, 0.1) is 12.7 Å². The van der Waals surface area contributed by atoms with Crippen LogP contribution in [-0.2, 0) is 4.74 Å². The molecule has 1 atom stereocenters. The van der Waals surface area contributed by atoms with Gasteiger partial charge in [-0.15, -0.1) is 11.8 Å². The Labute approximate surface area is 152 Å². The van der Waals surface area contributed by atoms with E-state index in [1.54, 1.807) is 36.7 Å². The molecule has 6 heteroatoms. The molecule has 2 rings (SSSR count). The summed E-state index contributed by atoms with van der Waals surface area (Å²) in [6, 6.07) is 10.7. The second-order valence-corrected chi connectivity index (χ2v) is 7.04.